The van der Waals surface area contributed by atoms with Crippen LogP contribution in [0.5, 0.6) is 0 Å². The highest BCUT2D eigenvalue weighted by Crippen LogP contribution is 2.42. The number of anilines is 1. The molecule has 0 saturated carbocycles. The Morgan fingerprint density at radius 3 is 2.85 bits per heavy atom. The number of fused-ring (bicyclic) bond motifs is 1. The molecule has 26 heavy (non-hydrogen) atoms. The zero-order valence-corrected chi connectivity index (χ0v) is 14.1. The van der Waals surface area contributed by atoms with Crippen molar-refractivity contribution in [3.8, 4) is 11.3 Å². The number of hydrogen-bond acceptors (Lipinski definition) is 5. The number of carbonyl (C=O) groups is 2. The summed E-state index contributed by atoms with van der Waals surface area (Å²) in [4.78, 5) is 24.4. The van der Waals surface area contributed by atoms with E-state index in [0.717, 1.165) is 16.8 Å². The molecule has 4 rings (SSSR count). The molecule has 0 fully saturated rings. The maximum absolute atomic E-state index is 12.2. The number of nitrogens with zero attached hydrogens (tertiary/aromatic N) is 2. The first-order valence-electron chi connectivity index (χ1n) is 8.33. The van der Waals surface area contributed by atoms with Crippen molar-refractivity contribution in [2.24, 2.45) is 0 Å². The van der Waals surface area contributed by atoms with Gasteiger partial charge in [0.25, 0.3) is 0 Å². The Balaban J connectivity index is 1.84. The second kappa shape index (κ2) is 6.47. The molecule has 1 amide bonds. The standard InChI is InChI=1S/C18H17N5O3/c1-2-26-18(25)16-12(9-19-21-16)11-8-13(24)20-17-14(11)15(22-23-17)10-6-4-3-5-7-10/h3-7,9,11H,2,8H2,1H3,(H,19,21)(H2,20,22,23,24)/t11-/m0/s1. The Morgan fingerprint density at radius 2 is 2.08 bits per heavy atom. The van der Waals surface area contributed by atoms with Crippen LogP contribution in [0.4, 0.5) is 5.82 Å². The van der Waals surface area contributed by atoms with Gasteiger partial charge in [-0.2, -0.15) is 10.2 Å². The number of carbonyl (C=O) groups excluding carboxylic acids is 2. The maximum Gasteiger partial charge on any atom is 0.356 e. The zero-order valence-electron chi connectivity index (χ0n) is 14.1. The van der Waals surface area contributed by atoms with Gasteiger partial charge < -0.3 is 10.1 Å². The molecule has 1 atom stereocenters. The normalized spacial score (nSPS) is 16.0. The topological polar surface area (TPSA) is 113 Å². The van der Waals surface area contributed by atoms with E-state index in [1.54, 1.807) is 13.1 Å². The van der Waals surface area contributed by atoms with Crippen molar-refractivity contribution in [1.82, 2.24) is 20.4 Å². The van der Waals surface area contributed by atoms with Gasteiger partial charge in [-0.25, -0.2) is 4.79 Å². The van der Waals surface area contributed by atoms with Crippen LogP contribution in [-0.2, 0) is 9.53 Å². The zero-order chi connectivity index (χ0) is 18.1. The summed E-state index contributed by atoms with van der Waals surface area (Å²) in [6, 6.07) is 9.72. The molecule has 8 heteroatoms. The molecule has 1 aliphatic heterocycles. The molecule has 0 saturated heterocycles. The van der Waals surface area contributed by atoms with E-state index < -0.39 is 5.97 Å². The van der Waals surface area contributed by atoms with E-state index in [0.29, 0.717) is 11.4 Å². The predicted molar refractivity (Wildman–Crippen MR) is 93.7 cm³/mol. The van der Waals surface area contributed by atoms with E-state index in [4.69, 9.17) is 4.74 Å². The van der Waals surface area contributed by atoms with Crippen LogP contribution in [0.1, 0.15) is 40.9 Å². The average molecular weight is 351 g/mol. The van der Waals surface area contributed by atoms with E-state index in [9.17, 15) is 9.59 Å². The van der Waals surface area contributed by atoms with E-state index in [-0.39, 0.29) is 30.5 Å². The van der Waals surface area contributed by atoms with Crippen molar-refractivity contribution in [3.05, 3.63) is 53.3 Å². The molecule has 1 aliphatic rings. The molecule has 0 bridgehead atoms. The van der Waals surface area contributed by atoms with Gasteiger partial charge in [0.05, 0.1) is 18.5 Å². The van der Waals surface area contributed by atoms with Crippen LogP contribution < -0.4 is 5.32 Å². The summed E-state index contributed by atoms with van der Waals surface area (Å²) < 4.78 is 5.09. The first-order chi connectivity index (χ1) is 12.7. The Kier molecular flexibility index (Phi) is 4.00. The lowest BCUT2D eigenvalue weighted by Gasteiger charge is -2.23. The van der Waals surface area contributed by atoms with Gasteiger partial charge in [-0.1, -0.05) is 30.3 Å². The summed E-state index contributed by atoms with van der Waals surface area (Å²) in [5.41, 5.74) is 3.48. The van der Waals surface area contributed by atoms with Crippen LogP contribution in [0.2, 0.25) is 0 Å². The molecule has 0 radical (unpaired) electrons. The minimum absolute atomic E-state index is 0.162. The molecule has 8 nitrogen and oxygen atoms in total. The van der Waals surface area contributed by atoms with Crippen molar-refractivity contribution >= 4 is 17.7 Å². The van der Waals surface area contributed by atoms with Crippen LogP contribution in [0.25, 0.3) is 11.3 Å². The van der Waals surface area contributed by atoms with Gasteiger partial charge in [0.1, 0.15) is 5.69 Å². The quantitative estimate of drug-likeness (QED) is 0.625. The largest absolute Gasteiger partial charge is 0.461 e. The van der Waals surface area contributed by atoms with Crippen LogP contribution in [0.3, 0.4) is 0 Å². The van der Waals surface area contributed by atoms with Crippen molar-refractivity contribution in [3.63, 3.8) is 0 Å². The lowest BCUT2D eigenvalue weighted by Crippen LogP contribution is -2.24. The van der Waals surface area contributed by atoms with Crippen LogP contribution in [0, 0.1) is 0 Å². The highest BCUT2D eigenvalue weighted by molar-refractivity contribution is 5.97. The lowest BCUT2D eigenvalue weighted by molar-refractivity contribution is -0.116. The van der Waals surface area contributed by atoms with Crippen LogP contribution in [0.15, 0.2) is 36.5 Å². The smallest absolute Gasteiger partial charge is 0.356 e. The fraction of sp³-hybridized carbons (Fsp3) is 0.222. The van der Waals surface area contributed by atoms with Crippen LogP contribution >= 0.6 is 0 Å². The van der Waals surface area contributed by atoms with E-state index in [1.807, 2.05) is 30.3 Å². The van der Waals surface area contributed by atoms with Gasteiger partial charge in [0.15, 0.2) is 5.82 Å². The molecule has 1 aromatic carbocycles. The first kappa shape index (κ1) is 16.1. The molecule has 3 aromatic rings. The number of nitrogens with one attached hydrogen (secondary N) is 3. The summed E-state index contributed by atoms with van der Waals surface area (Å²) in [5, 5.41) is 16.7. The maximum atomic E-state index is 12.2. The number of esters is 1. The molecular weight excluding hydrogens is 334 g/mol. The van der Waals surface area contributed by atoms with Crippen molar-refractivity contribution < 1.29 is 14.3 Å². The molecule has 3 N–H and O–H groups in total. The number of H-pyrrole nitrogens is 2. The minimum atomic E-state index is -0.489. The van der Waals surface area contributed by atoms with E-state index in [2.05, 4.69) is 25.7 Å². The Morgan fingerprint density at radius 1 is 1.27 bits per heavy atom. The summed E-state index contributed by atoms with van der Waals surface area (Å²) in [7, 11) is 0. The minimum Gasteiger partial charge on any atom is -0.461 e. The van der Waals surface area contributed by atoms with Gasteiger partial charge >= 0.3 is 5.97 Å². The average Bonchev–Trinajstić information content (AvgIpc) is 3.29. The summed E-state index contributed by atoms with van der Waals surface area (Å²) in [6.07, 6.45) is 1.76. The highest BCUT2D eigenvalue weighted by Gasteiger charge is 2.35. The van der Waals surface area contributed by atoms with Crippen molar-refractivity contribution in [1.29, 1.82) is 0 Å². The molecule has 3 heterocycles. The SMILES string of the molecule is CCOC(=O)c1[nH]ncc1[C@@H]1CC(=O)Nc2n[nH]c(-c3ccccc3)c21. The fourth-order valence-electron chi connectivity index (χ4n) is 3.27. The first-order valence-corrected chi connectivity index (χ1v) is 8.33. The number of amides is 1. The fourth-order valence-corrected chi connectivity index (χ4v) is 3.27. The Bertz CT molecular complexity index is 960. The Hall–Kier alpha value is -3.42. The highest BCUT2D eigenvalue weighted by atomic mass is 16.5. The third kappa shape index (κ3) is 2.65. The summed E-state index contributed by atoms with van der Waals surface area (Å²) in [5.74, 6) is -0.533. The second-order valence-electron chi connectivity index (χ2n) is 5.95. The van der Waals surface area contributed by atoms with Gasteiger partial charge in [0.2, 0.25) is 5.91 Å². The molecule has 132 valence electrons. The number of hydrogen-bond donors (Lipinski definition) is 3. The number of ether oxygens (including phenoxy) is 1. The van der Waals surface area contributed by atoms with Gasteiger partial charge in [-0.15, -0.1) is 0 Å². The van der Waals surface area contributed by atoms with Crippen molar-refractivity contribution in [2.45, 2.75) is 19.3 Å². The van der Waals surface area contributed by atoms with Gasteiger partial charge in [0, 0.05) is 23.5 Å². The number of benzene rings is 1. The Labute approximate surface area is 149 Å². The lowest BCUT2D eigenvalue weighted by atomic mass is 9.84. The summed E-state index contributed by atoms with van der Waals surface area (Å²) >= 11 is 0. The third-order valence-electron chi connectivity index (χ3n) is 4.39. The van der Waals surface area contributed by atoms with Crippen LogP contribution in [-0.4, -0.2) is 38.9 Å². The molecule has 0 spiro atoms. The third-order valence-corrected chi connectivity index (χ3v) is 4.39. The number of aromatic amines is 2. The van der Waals surface area contributed by atoms with Gasteiger partial charge in [-0.05, 0) is 12.5 Å². The molecule has 0 aliphatic carbocycles. The monoisotopic (exact) mass is 351 g/mol. The molecular formula is C18H17N5O3. The summed E-state index contributed by atoms with van der Waals surface area (Å²) in [6.45, 7) is 2.00. The molecule has 2 aromatic heterocycles. The number of rotatable bonds is 4. The number of aromatic nitrogens is 4. The second-order valence-corrected chi connectivity index (χ2v) is 5.95. The van der Waals surface area contributed by atoms with Gasteiger partial charge in [-0.3, -0.25) is 15.0 Å². The van der Waals surface area contributed by atoms with Crippen molar-refractivity contribution in [2.75, 3.05) is 11.9 Å². The van der Waals surface area contributed by atoms with E-state index >= 15 is 0 Å². The van der Waals surface area contributed by atoms with E-state index in [1.165, 1.54) is 0 Å². The molecule has 0 unspecified atom stereocenters. The predicted octanol–water partition coefficient (Wildman–Crippen LogP) is 2.45.